The first-order valence-corrected chi connectivity index (χ1v) is 7.83. The van der Waals surface area contributed by atoms with Crippen LogP contribution in [0.4, 0.5) is 10.1 Å². The largest absolute Gasteiger partial charge is 0.398 e. The molecule has 21 heavy (non-hydrogen) atoms. The minimum atomic E-state index is -3.84. The fourth-order valence-electron chi connectivity index (χ4n) is 1.89. The second-order valence-corrected chi connectivity index (χ2v) is 6.58. The Kier molecular flexibility index (Phi) is 4.29. The average Bonchev–Trinajstić information content (AvgIpc) is 2.87. The van der Waals surface area contributed by atoms with Gasteiger partial charge in [0.25, 0.3) is 0 Å². The molecule has 0 bridgehead atoms. The standard InChI is InChI=1S/C13H17FN4O2S/c1-9(8-18-5-3-4-16-18)17-21(19,20)11-6-12(14)10(2)13(15)7-11/h3-7,9,17H,8,15H2,1-2H3. The number of benzene rings is 1. The molecule has 0 amide bonds. The molecule has 1 unspecified atom stereocenters. The summed E-state index contributed by atoms with van der Waals surface area (Å²) in [7, 11) is -3.84. The monoisotopic (exact) mass is 312 g/mol. The van der Waals surface area contributed by atoms with Gasteiger partial charge in [0.15, 0.2) is 0 Å². The number of nitrogens with one attached hydrogen (secondary N) is 1. The van der Waals surface area contributed by atoms with E-state index in [1.807, 2.05) is 0 Å². The number of nitrogens with zero attached hydrogens (tertiary/aromatic N) is 2. The molecule has 0 fully saturated rings. The van der Waals surface area contributed by atoms with Gasteiger partial charge in [0, 0.05) is 29.7 Å². The first-order valence-electron chi connectivity index (χ1n) is 6.35. The molecule has 0 spiro atoms. The minimum absolute atomic E-state index is 0.107. The van der Waals surface area contributed by atoms with Crippen molar-refractivity contribution in [3.05, 3.63) is 42.0 Å². The molecule has 2 rings (SSSR count). The summed E-state index contributed by atoms with van der Waals surface area (Å²) < 4.78 is 42.2. The minimum Gasteiger partial charge on any atom is -0.398 e. The molecule has 114 valence electrons. The number of anilines is 1. The van der Waals surface area contributed by atoms with Gasteiger partial charge in [0.2, 0.25) is 10.0 Å². The van der Waals surface area contributed by atoms with Crippen LogP contribution in [-0.2, 0) is 16.6 Å². The predicted octanol–water partition coefficient (Wildman–Crippen LogP) is 1.28. The quantitative estimate of drug-likeness (QED) is 0.814. The summed E-state index contributed by atoms with van der Waals surface area (Å²) in [6.45, 7) is 3.57. The molecule has 2 aromatic rings. The second kappa shape index (κ2) is 5.82. The molecule has 1 heterocycles. The lowest BCUT2D eigenvalue weighted by atomic mass is 10.2. The van der Waals surface area contributed by atoms with Gasteiger partial charge in [0.1, 0.15) is 5.82 Å². The van der Waals surface area contributed by atoms with Crippen molar-refractivity contribution in [2.75, 3.05) is 5.73 Å². The van der Waals surface area contributed by atoms with Crippen molar-refractivity contribution >= 4 is 15.7 Å². The van der Waals surface area contributed by atoms with E-state index in [4.69, 9.17) is 5.73 Å². The molecule has 1 aromatic carbocycles. The summed E-state index contributed by atoms with van der Waals surface area (Å²) in [5, 5.41) is 4.00. The average molecular weight is 312 g/mol. The number of hydrogen-bond donors (Lipinski definition) is 2. The zero-order valence-electron chi connectivity index (χ0n) is 11.7. The lowest BCUT2D eigenvalue weighted by Crippen LogP contribution is -2.35. The van der Waals surface area contributed by atoms with E-state index >= 15 is 0 Å². The van der Waals surface area contributed by atoms with Crippen LogP contribution in [0.25, 0.3) is 0 Å². The maximum absolute atomic E-state index is 13.6. The van der Waals surface area contributed by atoms with Gasteiger partial charge >= 0.3 is 0 Å². The van der Waals surface area contributed by atoms with E-state index in [1.54, 1.807) is 30.1 Å². The van der Waals surface area contributed by atoms with Crippen LogP contribution < -0.4 is 10.5 Å². The molecule has 1 aromatic heterocycles. The van der Waals surface area contributed by atoms with Gasteiger partial charge in [-0.15, -0.1) is 0 Å². The van der Waals surface area contributed by atoms with Crippen molar-refractivity contribution in [2.24, 2.45) is 0 Å². The van der Waals surface area contributed by atoms with Gasteiger partial charge in [-0.1, -0.05) is 0 Å². The highest BCUT2D eigenvalue weighted by molar-refractivity contribution is 7.89. The van der Waals surface area contributed by atoms with E-state index in [2.05, 4.69) is 9.82 Å². The topological polar surface area (TPSA) is 90.0 Å². The number of hydrogen-bond acceptors (Lipinski definition) is 4. The molecule has 0 aliphatic rings. The Morgan fingerprint density at radius 1 is 1.48 bits per heavy atom. The zero-order chi connectivity index (χ0) is 15.6. The van der Waals surface area contributed by atoms with Crippen molar-refractivity contribution < 1.29 is 12.8 Å². The Hall–Kier alpha value is -1.93. The third-order valence-corrected chi connectivity index (χ3v) is 4.61. The molecule has 6 nitrogen and oxygen atoms in total. The summed E-state index contributed by atoms with van der Waals surface area (Å²) in [5.74, 6) is -0.643. The maximum Gasteiger partial charge on any atom is 0.241 e. The number of halogens is 1. The van der Waals surface area contributed by atoms with Crippen LogP contribution in [0, 0.1) is 12.7 Å². The fraction of sp³-hybridized carbons (Fsp3) is 0.308. The van der Waals surface area contributed by atoms with Crippen LogP contribution in [-0.4, -0.2) is 24.2 Å². The van der Waals surface area contributed by atoms with Crippen LogP contribution in [0.15, 0.2) is 35.5 Å². The van der Waals surface area contributed by atoms with E-state index < -0.39 is 21.9 Å². The van der Waals surface area contributed by atoms with Crippen molar-refractivity contribution in [1.82, 2.24) is 14.5 Å². The van der Waals surface area contributed by atoms with Crippen LogP contribution in [0.5, 0.6) is 0 Å². The number of nitrogen functional groups attached to an aromatic ring is 1. The summed E-state index contributed by atoms with van der Waals surface area (Å²) in [6.07, 6.45) is 3.34. The number of nitrogens with two attached hydrogens (primary N) is 1. The van der Waals surface area contributed by atoms with Crippen molar-refractivity contribution in [3.8, 4) is 0 Å². The van der Waals surface area contributed by atoms with Gasteiger partial charge < -0.3 is 5.73 Å². The SMILES string of the molecule is Cc1c(N)cc(S(=O)(=O)NC(C)Cn2cccn2)cc1F. The van der Waals surface area contributed by atoms with E-state index in [0.717, 1.165) is 6.07 Å². The van der Waals surface area contributed by atoms with Gasteiger partial charge in [-0.25, -0.2) is 17.5 Å². The molecule has 3 N–H and O–H groups in total. The van der Waals surface area contributed by atoms with Gasteiger partial charge in [-0.3, -0.25) is 4.68 Å². The fourth-order valence-corrected chi connectivity index (χ4v) is 3.17. The Balaban J connectivity index is 2.18. The highest BCUT2D eigenvalue weighted by Crippen LogP contribution is 2.21. The second-order valence-electron chi connectivity index (χ2n) is 4.87. The summed E-state index contributed by atoms with van der Waals surface area (Å²) in [5.41, 5.74) is 5.95. The lowest BCUT2D eigenvalue weighted by Gasteiger charge is -2.15. The van der Waals surface area contributed by atoms with Crippen LogP contribution in [0.1, 0.15) is 12.5 Å². The predicted molar refractivity (Wildman–Crippen MR) is 77.6 cm³/mol. The number of rotatable bonds is 5. The van der Waals surface area contributed by atoms with Crippen molar-refractivity contribution in [3.63, 3.8) is 0 Å². The third kappa shape index (κ3) is 3.59. The lowest BCUT2D eigenvalue weighted by molar-refractivity contribution is 0.493. The Bertz CT molecular complexity index is 706. The first-order chi connectivity index (χ1) is 9.79. The van der Waals surface area contributed by atoms with E-state index in [1.165, 1.54) is 13.0 Å². The molecule has 0 saturated heterocycles. The van der Waals surface area contributed by atoms with E-state index in [-0.39, 0.29) is 16.1 Å². The highest BCUT2D eigenvalue weighted by Gasteiger charge is 2.20. The molecule has 0 aliphatic heterocycles. The van der Waals surface area contributed by atoms with E-state index in [0.29, 0.717) is 6.54 Å². The molecular formula is C13H17FN4O2S. The molecular weight excluding hydrogens is 295 g/mol. The van der Waals surface area contributed by atoms with Crippen molar-refractivity contribution in [2.45, 2.75) is 31.3 Å². The third-order valence-electron chi connectivity index (χ3n) is 3.04. The smallest absolute Gasteiger partial charge is 0.241 e. The maximum atomic E-state index is 13.6. The summed E-state index contributed by atoms with van der Waals surface area (Å²) >= 11 is 0. The number of aromatic nitrogens is 2. The van der Waals surface area contributed by atoms with Gasteiger partial charge in [-0.05, 0) is 32.0 Å². The summed E-state index contributed by atoms with van der Waals surface area (Å²) in [6, 6.07) is 3.56. The molecule has 0 radical (unpaired) electrons. The Labute approximate surface area is 122 Å². The Morgan fingerprint density at radius 2 is 2.19 bits per heavy atom. The Morgan fingerprint density at radius 3 is 2.76 bits per heavy atom. The molecule has 0 aliphatic carbocycles. The van der Waals surface area contributed by atoms with Crippen LogP contribution >= 0.6 is 0 Å². The van der Waals surface area contributed by atoms with E-state index in [9.17, 15) is 12.8 Å². The summed E-state index contributed by atoms with van der Waals surface area (Å²) in [4.78, 5) is -0.185. The van der Waals surface area contributed by atoms with Crippen LogP contribution in [0.2, 0.25) is 0 Å². The number of sulfonamides is 1. The molecule has 0 saturated carbocycles. The van der Waals surface area contributed by atoms with Gasteiger partial charge in [0.05, 0.1) is 11.4 Å². The zero-order valence-corrected chi connectivity index (χ0v) is 12.6. The highest BCUT2D eigenvalue weighted by atomic mass is 32.2. The first kappa shape index (κ1) is 15.5. The van der Waals surface area contributed by atoms with Gasteiger partial charge in [-0.2, -0.15) is 5.10 Å². The molecule has 8 heteroatoms. The van der Waals surface area contributed by atoms with Crippen molar-refractivity contribution in [1.29, 1.82) is 0 Å². The normalized spacial score (nSPS) is 13.3. The van der Waals surface area contributed by atoms with Crippen LogP contribution in [0.3, 0.4) is 0 Å². The molecule has 1 atom stereocenters.